The predicted molar refractivity (Wildman–Crippen MR) is 79.5 cm³/mol. The van der Waals surface area contributed by atoms with Crippen LogP contribution in [0.3, 0.4) is 0 Å². The molecule has 0 fully saturated rings. The average Bonchev–Trinajstić information content (AvgIpc) is 2.82. The van der Waals surface area contributed by atoms with Crippen LogP contribution in [0.25, 0.3) is 0 Å². The van der Waals surface area contributed by atoms with E-state index in [1.165, 1.54) is 17.4 Å². The van der Waals surface area contributed by atoms with Gasteiger partial charge in [0.2, 0.25) is 0 Å². The summed E-state index contributed by atoms with van der Waals surface area (Å²) < 4.78 is 19.0. The minimum atomic E-state index is -0.361. The molecule has 0 saturated carbocycles. The zero-order chi connectivity index (χ0) is 14.7. The summed E-state index contributed by atoms with van der Waals surface area (Å²) in [7, 11) is 0. The van der Waals surface area contributed by atoms with Crippen LogP contribution >= 0.6 is 11.3 Å². The minimum absolute atomic E-state index is 0.0490. The number of halogens is 1. The number of thiazole rings is 1. The van der Waals surface area contributed by atoms with Gasteiger partial charge >= 0.3 is 0 Å². The normalized spacial score (nSPS) is 12.7. The number of aromatic nitrogens is 1. The Balaban J connectivity index is 2.14. The Morgan fingerprint density at radius 3 is 2.55 bits per heavy atom. The summed E-state index contributed by atoms with van der Waals surface area (Å²) in [6.07, 6.45) is 0. The van der Waals surface area contributed by atoms with Gasteiger partial charge in [0, 0.05) is 10.9 Å². The number of ether oxygens (including phenoxy) is 1. The lowest BCUT2D eigenvalue weighted by molar-refractivity contribution is 0.289. The van der Waals surface area contributed by atoms with Crippen molar-refractivity contribution in [2.24, 2.45) is 5.73 Å². The van der Waals surface area contributed by atoms with Gasteiger partial charge in [0.05, 0.1) is 5.69 Å². The Hall–Kier alpha value is -1.46. The molecule has 0 aliphatic heterocycles. The van der Waals surface area contributed by atoms with E-state index in [9.17, 15) is 4.39 Å². The summed E-state index contributed by atoms with van der Waals surface area (Å²) in [6.45, 7) is 6.38. The van der Waals surface area contributed by atoms with Crippen LogP contribution in [0, 0.1) is 5.82 Å². The summed E-state index contributed by atoms with van der Waals surface area (Å²) >= 11 is 1.54. The molecule has 2 rings (SSSR count). The van der Waals surface area contributed by atoms with Gasteiger partial charge in [-0.1, -0.05) is 26.0 Å². The standard InChI is InChI=1S/C15H19FN2OS/c1-9(2)14-15(10(3)17)20-13(18-14)8-19-12-7-5-4-6-11(12)16/h4-7,9-10H,8,17H2,1-3H3. The van der Waals surface area contributed by atoms with Gasteiger partial charge in [-0.15, -0.1) is 11.3 Å². The van der Waals surface area contributed by atoms with E-state index >= 15 is 0 Å². The molecular formula is C15H19FN2OS. The van der Waals surface area contributed by atoms with Crippen LogP contribution in [0.2, 0.25) is 0 Å². The maximum atomic E-state index is 13.5. The van der Waals surface area contributed by atoms with Gasteiger partial charge in [0.1, 0.15) is 11.6 Å². The predicted octanol–water partition coefficient (Wildman–Crippen LogP) is 4.00. The molecule has 3 nitrogen and oxygen atoms in total. The molecule has 0 bridgehead atoms. The van der Waals surface area contributed by atoms with Gasteiger partial charge in [0.15, 0.2) is 11.6 Å². The minimum Gasteiger partial charge on any atom is -0.483 e. The lowest BCUT2D eigenvalue weighted by Gasteiger charge is -2.07. The molecule has 0 radical (unpaired) electrons. The third-order valence-electron chi connectivity index (χ3n) is 2.87. The molecule has 2 N–H and O–H groups in total. The molecule has 0 aliphatic carbocycles. The Labute approximate surface area is 122 Å². The Morgan fingerprint density at radius 2 is 2.00 bits per heavy atom. The van der Waals surface area contributed by atoms with Crippen molar-refractivity contribution < 1.29 is 9.13 Å². The number of rotatable bonds is 5. The molecule has 1 heterocycles. The second-order valence-electron chi connectivity index (χ2n) is 5.02. The van der Waals surface area contributed by atoms with Crippen molar-refractivity contribution in [2.45, 2.75) is 39.3 Å². The van der Waals surface area contributed by atoms with Crippen LogP contribution in [0.5, 0.6) is 5.75 Å². The van der Waals surface area contributed by atoms with Crippen molar-refractivity contribution in [3.8, 4) is 5.75 Å². The van der Waals surface area contributed by atoms with Crippen molar-refractivity contribution in [3.05, 3.63) is 45.7 Å². The molecule has 0 amide bonds. The van der Waals surface area contributed by atoms with E-state index in [4.69, 9.17) is 10.5 Å². The highest BCUT2D eigenvalue weighted by Gasteiger charge is 2.17. The Morgan fingerprint density at radius 1 is 1.30 bits per heavy atom. The monoisotopic (exact) mass is 294 g/mol. The molecule has 20 heavy (non-hydrogen) atoms. The molecule has 108 valence electrons. The summed E-state index contributed by atoms with van der Waals surface area (Å²) in [5.74, 6) is 0.200. The second-order valence-corrected chi connectivity index (χ2v) is 6.13. The topological polar surface area (TPSA) is 48.1 Å². The number of nitrogens with two attached hydrogens (primary N) is 1. The number of nitrogens with zero attached hydrogens (tertiary/aromatic N) is 1. The van der Waals surface area contributed by atoms with Crippen LogP contribution in [-0.2, 0) is 6.61 Å². The van der Waals surface area contributed by atoms with Crippen LogP contribution in [-0.4, -0.2) is 4.98 Å². The zero-order valence-corrected chi connectivity index (χ0v) is 12.7. The van der Waals surface area contributed by atoms with E-state index < -0.39 is 0 Å². The molecular weight excluding hydrogens is 275 g/mol. The van der Waals surface area contributed by atoms with Gasteiger partial charge in [-0.05, 0) is 25.0 Å². The molecule has 1 aromatic carbocycles. The van der Waals surface area contributed by atoms with Crippen molar-refractivity contribution in [1.82, 2.24) is 4.98 Å². The highest BCUT2D eigenvalue weighted by atomic mass is 32.1. The zero-order valence-electron chi connectivity index (χ0n) is 11.9. The summed E-state index contributed by atoms with van der Waals surface area (Å²) in [4.78, 5) is 5.64. The number of benzene rings is 1. The average molecular weight is 294 g/mol. The van der Waals surface area contributed by atoms with E-state index in [0.717, 1.165) is 15.6 Å². The van der Waals surface area contributed by atoms with Gasteiger partial charge < -0.3 is 10.5 Å². The van der Waals surface area contributed by atoms with Crippen LogP contribution in [0.1, 0.15) is 48.3 Å². The smallest absolute Gasteiger partial charge is 0.165 e. The fourth-order valence-electron chi connectivity index (χ4n) is 1.89. The lowest BCUT2D eigenvalue weighted by Crippen LogP contribution is -2.06. The molecule has 2 aromatic rings. The van der Waals surface area contributed by atoms with Gasteiger partial charge in [-0.2, -0.15) is 0 Å². The number of para-hydroxylation sites is 1. The van der Waals surface area contributed by atoms with Crippen molar-refractivity contribution in [2.75, 3.05) is 0 Å². The van der Waals surface area contributed by atoms with E-state index in [0.29, 0.717) is 5.92 Å². The molecule has 1 atom stereocenters. The van der Waals surface area contributed by atoms with Crippen LogP contribution < -0.4 is 10.5 Å². The first-order valence-corrected chi connectivity index (χ1v) is 7.43. The van der Waals surface area contributed by atoms with Crippen molar-refractivity contribution >= 4 is 11.3 Å². The van der Waals surface area contributed by atoms with Gasteiger partial charge in [0.25, 0.3) is 0 Å². The van der Waals surface area contributed by atoms with Crippen molar-refractivity contribution in [3.63, 3.8) is 0 Å². The first-order valence-electron chi connectivity index (χ1n) is 6.61. The highest BCUT2D eigenvalue weighted by Crippen LogP contribution is 2.30. The van der Waals surface area contributed by atoms with Gasteiger partial charge in [-0.3, -0.25) is 0 Å². The molecule has 1 aromatic heterocycles. The molecule has 1 unspecified atom stereocenters. The van der Waals surface area contributed by atoms with E-state index in [1.807, 2.05) is 6.92 Å². The maximum Gasteiger partial charge on any atom is 0.165 e. The first-order chi connectivity index (χ1) is 9.49. The Bertz CT molecular complexity index is 556. The molecule has 0 saturated heterocycles. The fraction of sp³-hybridized carbons (Fsp3) is 0.400. The molecule has 0 spiro atoms. The van der Waals surface area contributed by atoms with Crippen molar-refractivity contribution in [1.29, 1.82) is 0 Å². The third kappa shape index (κ3) is 3.35. The SMILES string of the molecule is CC(C)c1nc(COc2ccccc2F)sc1C(C)N. The van der Waals surface area contributed by atoms with Crippen LogP contribution in [0.4, 0.5) is 4.39 Å². The van der Waals surface area contributed by atoms with E-state index in [2.05, 4.69) is 18.8 Å². The lowest BCUT2D eigenvalue weighted by atomic mass is 10.1. The number of hydrogen-bond donors (Lipinski definition) is 1. The van der Waals surface area contributed by atoms with Crippen LogP contribution in [0.15, 0.2) is 24.3 Å². The van der Waals surface area contributed by atoms with E-state index in [1.54, 1.807) is 18.2 Å². The summed E-state index contributed by atoms with van der Waals surface area (Å²) in [5.41, 5.74) is 6.98. The first kappa shape index (κ1) is 14.9. The van der Waals surface area contributed by atoms with Gasteiger partial charge in [-0.25, -0.2) is 9.37 Å². The fourth-order valence-corrected chi connectivity index (χ4v) is 2.98. The number of hydrogen-bond acceptors (Lipinski definition) is 4. The molecule has 5 heteroatoms. The largest absolute Gasteiger partial charge is 0.483 e. The molecule has 0 aliphatic rings. The second kappa shape index (κ2) is 6.33. The quantitative estimate of drug-likeness (QED) is 0.906. The maximum absolute atomic E-state index is 13.5. The van der Waals surface area contributed by atoms with E-state index in [-0.39, 0.29) is 24.2 Å². The Kier molecular flexibility index (Phi) is 4.73. The highest BCUT2D eigenvalue weighted by molar-refractivity contribution is 7.11. The third-order valence-corrected chi connectivity index (χ3v) is 4.12. The summed E-state index contributed by atoms with van der Waals surface area (Å²) in [6, 6.07) is 6.32. The summed E-state index contributed by atoms with van der Waals surface area (Å²) in [5, 5.41) is 0.823.